The third-order valence-electron chi connectivity index (χ3n) is 3.87. The maximum absolute atomic E-state index is 4.37. The van der Waals surface area contributed by atoms with Gasteiger partial charge in [0.05, 0.1) is 6.20 Å². The van der Waals surface area contributed by atoms with Crippen molar-refractivity contribution in [2.24, 2.45) is 0 Å². The molecule has 5 heteroatoms. The van der Waals surface area contributed by atoms with Crippen LogP contribution in [-0.2, 0) is 19.6 Å². The smallest absolute Gasteiger partial charge is 0.105 e. The molecule has 0 unspecified atom stereocenters. The molecule has 0 spiro atoms. The lowest BCUT2D eigenvalue weighted by Gasteiger charge is -2.14. The summed E-state index contributed by atoms with van der Waals surface area (Å²) in [4.78, 5) is 4.24. The van der Waals surface area contributed by atoms with Crippen LogP contribution in [0.1, 0.15) is 37.4 Å². The molecule has 2 aromatic heterocycles. The van der Waals surface area contributed by atoms with Gasteiger partial charge in [0, 0.05) is 49.3 Å². The molecule has 0 radical (unpaired) electrons. The number of nitrogens with zero attached hydrogens (tertiary/aromatic N) is 4. The van der Waals surface area contributed by atoms with E-state index in [1.807, 2.05) is 30.2 Å². The molecule has 0 fully saturated rings. The van der Waals surface area contributed by atoms with E-state index in [4.69, 9.17) is 0 Å². The molecule has 0 amide bonds. The Hall–Kier alpha value is -1.62. The van der Waals surface area contributed by atoms with Crippen molar-refractivity contribution >= 4 is 0 Å². The maximum atomic E-state index is 4.37. The van der Waals surface area contributed by atoms with E-state index in [0.29, 0.717) is 6.04 Å². The second-order valence-corrected chi connectivity index (χ2v) is 5.31. The first kappa shape index (κ1) is 14.8. The Bertz CT molecular complexity index is 540. The van der Waals surface area contributed by atoms with Crippen molar-refractivity contribution in [3.05, 3.63) is 35.7 Å². The first-order valence-electron chi connectivity index (χ1n) is 7.34. The van der Waals surface area contributed by atoms with Crippen LogP contribution in [0.15, 0.2) is 18.6 Å². The average Bonchev–Trinajstić information content (AvgIpc) is 3.00. The quantitative estimate of drug-likeness (QED) is 0.843. The van der Waals surface area contributed by atoms with Crippen LogP contribution in [0.3, 0.4) is 0 Å². The summed E-state index contributed by atoms with van der Waals surface area (Å²) < 4.78 is 4.23. The maximum Gasteiger partial charge on any atom is 0.105 e. The Morgan fingerprint density at radius 2 is 2.15 bits per heavy atom. The number of rotatable bonds is 7. The minimum atomic E-state index is 0.473. The van der Waals surface area contributed by atoms with Gasteiger partial charge >= 0.3 is 0 Å². The van der Waals surface area contributed by atoms with E-state index in [9.17, 15) is 0 Å². The van der Waals surface area contributed by atoms with Gasteiger partial charge in [0.2, 0.25) is 0 Å². The van der Waals surface area contributed by atoms with Gasteiger partial charge in [-0.1, -0.05) is 0 Å². The Kier molecular flexibility index (Phi) is 4.95. The van der Waals surface area contributed by atoms with Crippen molar-refractivity contribution in [2.75, 3.05) is 0 Å². The first-order valence-corrected chi connectivity index (χ1v) is 7.34. The van der Waals surface area contributed by atoms with Crippen molar-refractivity contribution in [2.45, 2.75) is 59.8 Å². The van der Waals surface area contributed by atoms with Crippen LogP contribution in [-0.4, -0.2) is 25.4 Å². The molecular weight excluding hydrogens is 250 g/mol. The topological polar surface area (TPSA) is 47.7 Å². The highest BCUT2D eigenvalue weighted by molar-refractivity contribution is 5.15. The number of hydrogen-bond acceptors (Lipinski definition) is 3. The minimum absolute atomic E-state index is 0.473. The highest BCUT2D eigenvalue weighted by Gasteiger charge is 2.07. The van der Waals surface area contributed by atoms with Gasteiger partial charge in [0.15, 0.2) is 0 Å². The summed E-state index contributed by atoms with van der Waals surface area (Å²) in [5.74, 6) is 1.08. The summed E-state index contributed by atoms with van der Waals surface area (Å²) in [5, 5.41) is 7.95. The molecule has 0 saturated carbocycles. The van der Waals surface area contributed by atoms with Crippen molar-refractivity contribution in [3.8, 4) is 0 Å². The second-order valence-electron chi connectivity index (χ2n) is 5.31. The van der Waals surface area contributed by atoms with Crippen molar-refractivity contribution in [3.63, 3.8) is 0 Å². The third kappa shape index (κ3) is 3.48. The molecule has 110 valence electrons. The van der Waals surface area contributed by atoms with Crippen LogP contribution in [0.2, 0.25) is 0 Å². The van der Waals surface area contributed by atoms with E-state index < -0.39 is 0 Å². The fourth-order valence-corrected chi connectivity index (χ4v) is 2.34. The lowest BCUT2D eigenvalue weighted by molar-refractivity contribution is 0.471. The van der Waals surface area contributed by atoms with Gasteiger partial charge in [-0.15, -0.1) is 0 Å². The predicted molar refractivity (Wildman–Crippen MR) is 80.5 cm³/mol. The highest BCUT2D eigenvalue weighted by Crippen LogP contribution is 2.08. The summed E-state index contributed by atoms with van der Waals surface area (Å²) in [6, 6.07) is 0.473. The summed E-state index contributed by atoms with van der Waals surface area (Å²) >= 11 is 0. The summed E-state index contributed by atoms with van der Waals surface area (Å²) in [5.41, 5.74) is 2.55. The molecule has 0 aliphatic heterocycles. The standard InChI is InChI=1S/C15H25N5/c1-5-20-13(3)15(11-18-20)10-17-12(2)6-8-19-9-7-16-14(19)4/h7,9,11-12,17H,5-6,8,10H2,1-4H3/t12-/m1/s1. The molecule has 0 aliphatic carbocycles. The minimum Gasteiger partial charge on any atom is -0.335 e. The largest absolute Gasteiger partial charge is 0.335 e. The van der Waals surface area contributed by atoms with Crippen molar-refractivity contribution < 1.29 is 0 Å². The second kappa shape index (κ2) is 6.70. The van der Waals surface area contributed by atoms with E-state index >= 15 is 0 Å². The Morgan fingerprint density at radius 3 is 2.75 bits per heavy atom. The van der Waals surface area contributed by atoms with Crippen molar-refractivity contribution in [1.29, 1.82) is 0 Å². The molecule has 0 aromatic carbocycles. The Labute approximate surface area is 121 Å². The molecule has 1 atom stereocenters. The fourth-order valence-electron chi connectivity index (χ4n) is 2.34. The molecule has 2 rings (SSSR count). The molecule has 1 N–H and O–H groups in total. The number of hydrogen-bond donors (Lipinski definition) is 1. The van der Waals surface area contributed by atoms with Gasteiger partial charge in [0.1, 0.15) is 5.82 Å². The first-order chi connectivity index (χ1) is 9.61. The molecule has 0 bridgehead atoms. The zero-order chi connectivity index (χ0) is 14.5. The highest BCUT2D eigenvalue weighted by atomic mass is 15.3. The van der Waals surface area contributed by atoms with E-state index in [0.717, 1.165) is 31.9 Å². The van der Waals surface area contributed by atoms with Crippen molar-refractivity contribution in [1.82, 2.24) is 24.6 Å². The van der Waals surface area contributed by atoms with Gasteiger partial charge in [0.25, 0.3) is 0 Å². The van der Waals surface area contributed by atoms with Gasteiger partial charge in [-0.25, -0.2) is 4.98 Å². The zero-order valence-corrected chi connectivity index (χ0v) is 12.9. The fraction of sp³-hybridized carbons (Fsp3) is 0.600. The summed E-state index contributed by atoms with van der Waals surface area (Å²) in [7, 11) is 0. The molecule has 0 saturated heterocycles. The molecule has 5 nitrogen and oxygen atoms in total. The zero-order valence-electron chi connectivity index (χ0n) is 12.9. The lowest BCUT2D eigenvalue weighted by Crippen LogP contribution is -2.27. The summed E-state index contributed by atoms with van der Waals surface area (Å²) in [6.45, 7) is 11.3. The van der Waals surface area contributed by atoms with E-state index in [2.05, 4.69) is 40.7 Å². The van der Waals surface area contributed by atoms with Crippen LogP contribution in [0, 0.1) is 13.8 Å². The van der Waals surface area contributed by atoms with Gasteiger partial charge in [-0.05, 0) is 34.1 Å². The normalized spacial score (nSPS) is 12.8. The third-order valence-corrected chi connectivity index (χ3v) is 3.87. The van der Waals surface area contributed by atoms with Gasteiger partial charge in [-0.2, -0.15) is 5.10 Å². The Morgan fingerprint density at radius 1 is 1.35 bits per heavy atom. The summed E-state index contributed by atoms with van der Waals surface area (Å²) in [6.07, 6.45) is 6.96. The van der Waals surface area contributed by atoms with E-state index in [1.165, 1.54) is 11.3 Å². The Balaban J connectivity index is 1.78. The molecule has 2 aromatic rings. The van der Waals surface area contributed by atoms with E-state index in [1.54, 1.807) is 0 Å². The van der Waals surface area contributed by atoms with Crippen LogP contribution < -0.4 is 5.32 Å². The van der Waals surface area contributed by atoms with Crippen LogP contribution in [0.4, 0.5) is 0 Å². The number of aryl methyl sites for hydroxylation is 3. The van der Waals surface area contributed by atoms with E-state index in [-0.39, 0.29) is 0 Å². The number of imidazole rings is 1. The molecule has 0 aliphatic rings. The number of aromatic nitrogens is 4. The SMILES string of the molecule is CCn1ncc(CN[C@H](C)CCn2ccnc2C)c1C. The monoisotopic (exact) mass is 275 g/mol. The van der Waals surface area contributed by atoms with Gasteiger partial charge < -0.3 is 9.88 Å². The molecule has 20 heavy (non-hydrogen) atoms. The molecule has 2 heterocycles. The average molecular weight is 275 g/mol. The lowest BCUT2D eigenvalue weighted by atomic mass is 10.2. The number of nitrogens with one attached hydrogen (secondary N) is 1. The molecular formula is C15H25N5. The van der Waals surface area contributed by atoms with Gasteiger partial charge in [-0.3, -0.25) is 4.68 Å². The predicted octanol–water partition coefficient (Wildman–Crippen LogP) is 2.28. The van der Waals surface area contributed by atoms with Crippen LogP contribution in [0.25, 0.3) is 0 Å². The van der Waals surface area contributed by atoms with Crippen LogP contribution >= 0.6 is 0 Å². The van der Waals surface area contributed by atoms with Crippen LogP contribution in [0.5, 0.6) is 0 Å².